The van der Waals surface area contributed by atoms with E-state index in [0.29, 0.717) is 29.7 Å². The molecule has 0 atom stereocenters. The Hall–Kier alpha value is -2.63. The molecular formula is C20H19ClN2O3. The highest BCUT2D eigenvalue weighted by Gasteiger charge is 2.10. The van der Waals surface area contributed by atoms with E-state index in [-0.39, 0.29) is 12.3 Å². The third-order valence-corrected chi connectivity index (χ3v) is 4.09. The zero-order valence-corrected chi connectivity index (χ0v) is 15.1. The number of nitrogens with zero attached hydrogens (tertiary/aromatic N) is 1. The lowest BCUT2D eigenvalue weighted by molar-refractivity contribution is -0.116. The van der Waals surface area contributed by atoms with Gasteiger partial charge in [0, 0.05) is 41.8 Å². The third kappa shape index (κ3) is 4.71. The number of anilines is 1. The van der Waals surface area contributed by atoms with Crippen molar-refractivity contribution in [3.63, 3.8) is 0 Å². The van der Waals surface area contributed by atoms with Crippen molar-refractivity contribution < 1.29 is 13.9 Å². The molecule has 26 heavy (non-hydrogen) atoms. The molecule has 5 nitrogen and oxygen atoms in total. The average Bonchev–Trinajstić information content (AvgIpc) is 3.11. The Kier molecular flexibility index (Phi) is 6.04. The molecule has 1 amide bonds. The number of aryl methyl sites for hydroxylation is 1. The van der Waals surface area contributed by atoms with Gasteiger partial charge in [-0.3, -0.25) is 4.79 Å². The van der Waals surface area contributed by atoms with Gasteiger partial charge in [-0.25, -0.2) is 4.98 Å². The van der Waals surface area contributed by atoms with Gasteiger partial charge in [0.1, 0.15) is 0 Å². The van der Waals surface area contributed by atoms with Crippen molar-refractivity contribution in [3.8, 4) is 11.3 Å². The number of carbonyl (C=O) groups is 1. The van der Waals surface area contributed by atoms with E-state index in [1.807, 2.05) is 36.4 Å². The van der Waals surface area contributed by atoms with Crippen LogP contribution in [0.25, 0.3) is 11.3 Å². The molecule has 0 bridgehead atoms. The largest absolute Gasteiger partial charge is 0.441 e. The highest BCUT2D eigenvalue weighted by molar-refractivity contribution is 6.30. The van der Waals surface area contributed by atoms with Crippen LogP contribution in [0.1, 0.15) is 17.9 Å². The number of amides is 1. The van der Waals surface area contributed by atoms with Gasteiger partial charge >= 0.3 is 0 Å². The summed E-state index contributed by atoms with van der Waals surface area (Å²) in [7, 11) is 1.62. The molecule has 0 saturated heterocycles. The molecule has 3 aromatic rings. The summed E-state index contributed by atoms with van der Waals surface area (Å²) in [4.78, 5) is 16.5. The van der Waals surface area contributed by atoms with Gasteiger partial charge in [-0.1, -0.05) is 29.8 Å². The Morgan fingerprint density at radius 3 is 2.73 bits per heavy atom. The minimum absolute atomic E-state index is 0.0974. The lowest BCUT2D eigenvalue weighted by atomic mass is 10.2. The SMILES string of the molecule is COCc1ccccc1NC(=O)CCc1ncc(-c2ccc(Cl)cc2)o1. The monoisotopic (exact) mass is 370 g/mol. The van der Waals surface area contributed by atoms with Gasteiger partial charge in [-0.05, 0) is 30.3 Å². The van der Waals surface area contributed by atoms with Gasteiger partial charge in [0.15, 0.2) is 11.7 Å². The minimum atomic E-state index is -0.0974. The zero-order valence-electron chi connectivity index (χ0n) is 14.4. The quantitative estimate of drug-likeness (QED) is 0.654. The second-order valence-electron chi connectivity index (χ2n) is 5.76. The van der Waals surface area contributed by atoms with E-state index in [9.17, 15) is 4.79 Å². The Labute approximate surface area is 157 Å². The van der Waals surface area contributed by atoms with Crippen molar-refractivity contribution in [3.05, 3.63) is 71.2 Å². The van der Waals surface area contributed by atoms with E-state index < -0.39 is 0 Å². The molecule has 2 aromatic carbocycles. The first-order valence-corrected chi connectivity index (χ1v) is 8.61. The predicted molar refractivity (Wildman–Crippen MR) is 101 cm³/mol. The van der Waals surface area contributed by atoms with E-state index in [1.54, 1.807) is 25.4 Å². The number of nitrogens with one attached hydrogen (secondary N) is 1. The van der Waals surface area contributed by atoms with Crippen LogP contribution in [0.15, 0.2) is 59.1 Å². The number of methoxy groups -OCH3 is 1. The summed E-state index contributed by atoms with van der Waals surface area (Å²) < 4.78 is 10.9. The summed E-state index contributed by atoms with van der Waals surface area (Å²) in [6, 6.07) is 14.9. The summed E-state index contributed by atoms with van der Waals surface area (Å²) >= 11 is 5.89. The lowest BCUT2D eigenvalue weighted by Gasteiger charge is -2.09. The Morgan fingerprint density at radius 1 is 1.19 bits per heavy atom. The number of rotatable bonds is 7. The molecule has 1 N–H and O–H groups in total. The molecule has 1 heterocycles. The lowest BCUT2D eigenvalue weighted by Crippen LogP contribution is -2.14. The molecule has 134 valence electrons. The summed E-state index contributed by atoms with van der Waals surface area (Å²) in [6.07, 6.45) is 2.36. The first kappa shape index (κ1) is 18.2. The van der Waals surface area contributed by atoms with Crippen molar-refractivity contribution in [1.29, 1.82) is 0 Å². The predicted octanol–water partition coefficient (Wildman–Crippen LogP) is 4.71. The van der Waals surface area contributed by atoms with Gasteiger partial charge in [-0.15, -0.1) is 0 Å². The normalized spacial score (nSPS) is 10.7. The fourth-order valence-electron chi connectivity index (χ4n) is 2.53. The molecule has 0 unspecified atom stereocenters. The number of halogens is 1. The van der Waals surface area contributed by atoms with Crippen LogP contribution < -0.4 is 5.32 Å². The van der Waals surface area contributed by atoms with Crippen LogP contribution in [0.4, 0.5) is 5.69 Å². The van der Waals surface area contributed by atoms with Gasteiger partial charge in [0.2, 0.25) is 5.91 Å². The molecule has 0 aliphatic heterocycles. The fourth-order valence-corrected chi connectivity index (χ4v) is 2.66. The average molecular weight is 371 g/mol. The van der Waals surface area contributed by atoms with Gasteiger partial charge < -0.3 is 14.5 Å². The van der Waals surface area contributed by atoms with Crippen LogP contribution in [0, 0.1) is 0 Å². The summed E-state index contributed by atoms with van der Waals surface area (Å²) in [5, 5.41) is 3.57. The number of ether oxygens (including phenoxy) is 1. The molecule has 0 saturated carbocycles. The molecule has 0 spiro atoms. The van der Waals surface area contributed by atoms with Crippen molar-refractivity contribution in [1.82, 2.24) is 4.98 Å². The maximum absolute atomic E-state index is 12.2. The van der Waals surface area contributed by atoms with E-state index >= 15 is 0 Å². The zero-order chi connectivity index (χ0) is 18.4. The number of benzene rings is 2. The summed E-state index contributed by atoms with van der Waals surface area (Å²) in [6.45, 7) is 0.445. The second-order valence-corrected chi connectivity index (χ2v) is 6.20. The third-order valence-electron chi connectivity index (χ3n) is 3.84. The highest BCUT2D eigenvalue weighted by Crippen LogP contribution is 2.23. The van der Waals surface area contributed by atoms with Crippen LogP contribution in [0.3, 0.4) is 0 Å². The minimum Gasteiger partial charge on any atom is -0.441 e. The topological polar surface area (TPSA) is 64.4 Å². The standard InChI is InChI=1S/C20H19ClN2O3/c1-25-13-15-4-2-3-5-17(15)23-19(24)10-11-20-22-12-18(26-20)14-6-8-16(21)9-7-14/h2-9,12H,10-11,13H2,1H3,(H,23,24). The molecular weight excluding hydrogens is 352 g/mol. The number of carbonyl (C=O) groups excluding carboxylic acids is 1. The fraction of sp³-hybridized carbons (Fsp3) is 0.200. The van der Waals surface area contributed by atoms with Crippen LogP contribution in [-0.2, 0) is 22.6 Å². The van der Waals surface area contributed by atoms with E-state index in [0.717, 1.165) is 16.8 Å². The maximum atomic E-state index is 12.2. The summed E-state index contributed by atoms with van der Waals surface area (Å²) in [5.41, 5.74) is 2.59. The second kappa shape index (κ2) is 8.65. The Bertz CT molecular complexity index is 875. The molecule has 0 radical (unpaired) electrons. The van der Waals surface area contributed by atoms with Crippen molar-refractivity contribution in [2.45, 2.75) is 19.4 Å². The van der Waals surface area contributed by atoms with Crippen LogP contribution >= 0.6 is 11.6 Å². The van der Waals surface area contributed by atoms with Crippen LogP contribution in [-0.4, -0.2) is 18.0 Å². The molecule has 0 fully saturated rings. The molecule has 1 aromatic heterocycles. The first-order valence-electron chi connectivity index (χ1n) is 8.23. The number of aromatic nitrogens is 1. The van der Waals surface area contributed by atoms with Crippen molar-refractivity contribution in [2.24, 2.45) is 0 Å². The molecule has 3 rings (SSSR count). The van der Waals surface area contributed by atoms with Gasteiger partial charge in [0.25, 0.3) is 0 Å². The van der Waals surface area contributed by atoms with Crippen molar-refractivity contribution >= 4 is 23.2 Å². The highest BCUT2D eigenvalue weighted by atomic mass is 35.5. The van der Waals surface area contributed by atoms with Crippen LogP contribution in [0.2, 0.25) is 5.02 Å². The van der Waals surface area contributed by atoms with E-state index in [4.69, 9.17) is 20.8 Å². The smallest absolute Gasteiger partial charge is 0.224 e. The van der Waals surface area contributed by atoms with E-state index in [1.165, 1.54) is 0 Å². The number of oxazole rings is 1. The Morgan fingerprint density at radius 2 is 1.96 bits per heavy atom. The molecule has 0 aliphatic rings. The first-order chi connectivity index (χ1) is 12.7. The van der Waals surface area contributed by atoms with E-state index in [2.05, 4.69) is 10.3 Å². The van der Waals surface area contributed by atoms with Crippen LogP contribution in [0.5, 0.6) is 0 Å². The summed E-state index contributed by atoms with van der Waals surface area (Å²) in [5.74, 6) is 1.08. The van der Waals surface area contributed by atoms with Gasteiger partial charge in [0.05, 0.1) is 12.8 Å². The maximum Gasteiger partial charge on any atom is 0.224 e. The molecule has 6 heteroatoms. The molecule has 0 aliphatic carbocycles. The number of hydrogen-bond donors (Lipinski definition) is 1. The number of para-hydroxylation sites is 1. The number of hydrogen-bond acceptors (Lipinski definition) is 4. The van der Waals surface area contributed by atoms with Crippen molar-refractivity contribution in [2.75, 3.05) is 12.4 Å². The van der Waals surface area contributed by atoms with Gasteiger partial charge in [-0.2, -0.15) is 0 Å². The Balaban J connectivity index is 1.58.